The molecule has 0 bridgehead atoms. The molecule has 0 radical (unpaired) electrons. The molecule has 0 spiro atoms. The van der Waals surface area contributed by atoms with Gasteiger partial charge in [0.1, 0.15) is 22.7 Å². The summed E-state index contributed by atoms with van der Waals surface area (Å²) in [6.07, 6.45) is 4.19. The van der Waals surface area contributed by atoms with Crippen LogP contribution >= 0.6 is 0 Å². The van der Waals surface area contributed by atoms with E-state index in [0.29, 0.717) is 0 Å². The van der Waals surface area contributed by atoms with Crippen molar-refractivity contribution in [3.05, 3.63) is 23.8 Å². The summed E-state index contributed by atoms with van der Waals surface area (Å²) >= 11 is 0. The summed E-state index contributed by atoms with van der Waals surface area (Å²) < 4.78 is 24.6. The second kappa shape index (κ2) is 9.56. The molecule has 0 amide bonds. The lowest BCUT2D eigenvalue weighted by Gasteiger charge is -2.54. The van der Waals surface area contributed by atoms with E-state index in [0.717, 1.165) is 69.2 Å². The molecule has 200 valence electrons. The molecule has 4 heteroatoms. The summed E-state index contributed by atoms with van der Waals surface area (Å²) in [7, 11) is 0. The Morgan fingerprint density at radius 3 is 1.26 bits per heavy atom. The first-order valence-corrected chi connectivity index (χ1v) is 13.7. The number of ether oxygens (including phenoxy) is 4. The molecule has 35 heavy (non-hydrogen) atoms. The second-order valence-electron chi connectivity index (χ2n) is 14.1. The van der Waals surface area contributed by atoms with E-state index < -0.39 is 0 Å². The Labute approximate surface area is 215 Å². The molecule has 2 saturated heterocycles. The molecule has 3 rings (SSSR count). The molecule has 0 saturated carbocycles. The van der Waals surface area contributed by atoms with Crippen LogP contribution in [0.25, 0.3) is 0 Å². The minimum absolute atomic E-state index is 0.126. The zero-order valence-electron chi connectivity index (χ0n) is 24.5. The number of aryl methyl sites for hydroxylation is 1. The molecule has 1 aromatic rings. The second-order valence-corrected chi connectivity index (χ2v) is 14.1. The van der Waals surface area contributed by atoms with Crippen LogP contribution in [0.5, 0.6) is 11.5 Å². The van der Waals surface area contributed by atoms with Crippen molar-refractivity contribution in [1.29, 1.82) is 0 Å². The fourth-order valence-corrected chi connectivity index (χ4v) is 6.89. The van der Waals surface area contributed by atoms with Crippen molar-refractivity contribution in [2.45, 2.75) is 113 Å². The maximum atomic E-state index is 6.64. The summed E-state index contributed by atoms with van der Waals surface area (Å²) in [5.41, 5.74) is 1.28. The van der Waals surface area contributed by atoms with Gasteiger partial charge >= 0.3 is 0 Å². The molecule has 2 heterocycles. The third-order valence-electron chi connectivity index (χ3n) is 9.29. The topological polar surface area (TPSA) is 36.9 Å². The average Bonchev–Trinajstić information content (AvgIpc) is 2.55. The van der Waals surface area contributed by atoms with Gasteiger partial charge in [-0.1, -0.05) is 41.5 Å². The van der Waals surface area contributed by atoms with Crippen molar-refractivity contribution in [1.82, 2.24) is 0 Å². The minimum atomic E-state index is -0.304. The Kier molecular flexibility index (Phi) is 7.73. The molecule has 0 aliphatic carbocycles. The summed E-state index contributed by atoms with van der Waals surface area (Å²) in [6, 6.07) is 6.32. The Morgan fingerprint density at radius 1 is 0.657 bits per heavy atom. The lowest BCUT2D eigenvalue weighted by atomic mass is 9.59. The van der Waals surface area contributed by atoms with Crippen LogP contribution in [0.2, 0.25) is 0 Å². The summed E-state index contributed by atoms with van der Waals surface area (Å²) in [6.45, 7) is 28.4. The number of hydrogen-bond acceptors (Lipinski definition) is 4. The molecular formula is C31H52O4. The Hall–Kier alpha value is -1.26. The quantitative estimate of drug-likeness (QED) is 0.299. The molecule has 0 atom stereocenters. The van der Waals surface area contributed by atoms with Crippen molar-refractivity contribution in [2.24, 2.45) is 21.7 Å². The van der Waals surface area contributed by atoms with E-state index in [-0.39, 0.29) is 32.9 Å². The fourth-order valence-electron chi connectivity index (χ4n) is 6.89. The normalized spacial score (nSPS) is 20.1. The van der Waals surface area contributed by atoms with E-state index in [4.69, 9.17) is 18.9 Å². The predicted molar refractivity (Wildman–Crippen MR) is 144 cm³/mol. The van der Waals surface area contributed by atoms with Crippen LogP contribution in [-0.4, -0.2) is 37.6 Å². The van der Waals surface area contributed by atoms with Gasteiger partial charge < -0.3 is 18.9 Å². The standard InChI is InChI=1S/C31H52O4/c1-12-30(19-32-20-30)26(4,5)17-28(8,9)34-24-14-23(3)15-25(16-24)35-29(10,11)18-27(6,7)31(13-2)21-33-22-31/h14-16H,12-13,17-22H2,1-11H3. The first-order valence-electron chi connectivity index (χ1n) is 13.7. The molecule has 2 fully saturated rings. The van der Waals surface area contributed by atoms with E-state index in [1.807, 2.05) is 0 Å². The van der Waals surface area contributed by atoms with Crippen molar-refractivity contribution < 1.29 is 18.9 Å². The van der Waals surface area contributed by atoms with Crippen LogP contribution in [0.15, 0.2) is 18.2 Å². The number of benzene rings is 1. The van der Waals surface area contributed by atoms with Gasteiger partial charge in [-0.15, -0.1) is 0 Å². The van der Waals surface area contributed by atoms with Crippen LogP contribution in [0.4, 0.5) is 0 Å². The maximum Gasteiger partial charge on any atom is 0.124 e. The van der Waals surface area contributed by atoms with Crippen LogP contribution in [-0.2, 0) is 9.47 Å². The van der Waals surface area contributed by atoms with Crippen LogP contribution in [0.1, 0.15) is 100 Å². The third-order valence-corrected chi connectivity index (χ3v) is 9.29. The molecule has 1 aromatic carbocycles. The van der Waals surface area contributed by atoms with Crippen LogP contribution in [0, 0.1) is 28.6 Å². The minimum Gasteiger partial charge on any atom is -0.488 e. The lowest BCUT2D eigenvalue weighted by molar-refractivity contribution is -0.189. The van der Waals surface area contributed by atoms with E-state index in [1.165, 1.54) is 0 Å². The summed E-state index contributed by atoms with van der Waals surface area (Å²) in [5.74, 6) is 1.76. The van der Waals surface area contributed by atoms with Crippen molar-refractivity contribution >= 4 is 0 Å². The fraction of sp³-hybridized carbons (Fsp3) is 0.806. The highest BCUT2D eigenvalue weighted by molar-refractivity contribution is 5.38. The highest BCUT2D eigenvalue weighted by Gasteiger charge is 2.52. The summed E-state index contributed by atoms with van der Waals surface area (Å²) in [5, 5.41) is 0. The molecule has 0 unspecified atom stereocenters. The van der Waals surface area contributed by atoms with Crippen molar-refractivity contribution in [3.63, 3.8) is 0 Å². The highest BCUT2D eigenvalue weighted by atomic mass is 16.5. The molecule has 4 nitrogen and oxygen atoms in total. The molecule has 2 aliphatic heterocycles. The van der Waals surface area contributed by atoms with Gasteiger partial charge in [0, 0.05) is 16.9 Å². The maximum absolute atomic E-state index is 6.64. The van der Waals surface area contributed by atoms with Gasteiger partial charge in [-0.25, -0.2) is 0 Å². The number of rotatable bonds is 12. The molecule has 2 aliphatic rings. The van der Waals surface area contributed by atoms with Gasteiger partial charge in [0.05, 0.1) is 26.4 Å². The first kappa shape index (κ1) is 28.3. The van der Waals surface area contributed by atoms with E-state index in [9.17, 15) is 0 Å². The number of hydrogen-bond donors (Lipinski definition) is 0. The Bertz CT molecular complexity index is 793. The van der Waals surface area contributed by atoms with Crippen molar-refractivity contribution in [2.75, 3.05) is 26.4 Å². The van der Waals surface area contributed by atoms with E-state index in [2.05, 4.69) is 94.4 Å². The molecular weight excluding hydrogens is 436 g/mol. The first-order chi connectivity index (χ1) is 16.0. The largest absolute Gasteiger partial charge is 0.488 e. The SMILES string of the molecule is CCC1(C(C)(C)CC(C)(C)Oc2cc(C)cc(OC(C)(C)CC(C)(C)C3(CC)COC3)c2)COC1. The van der Waals surface area contributed by atoms with Gasteiger partial charge in [-0.05, 0) is 88.8 Å². The summed E-state index contributed by atoms with van der Waals surface area (Å²) in [4.78, 5) is 0. The van der Waals surface area contributed by atoms with Gasteiger partial charge in [0.25, 0.3) is 0 Å². The van der Waals surface area contributed by atoms with Gasteiger partial charge in [0.2, 0.25) is 0 Å². The van der Waals surface area contributed by atoms with Crippen LogP contribution in [0.3, 0.4) is 0 Å². The third kappa shape index (κ3) is 5.85. The van der Waals surface area contributed by atoms with E-state index in [1.54, 1.807) is 0 Å². The monoisotopic (exact) mass is 488 g/mol. The smallest absolute Gasteiger partial charge is 0.124 e. The van der Waals surface area contributed by atoms with Crippen LogP contribution < -0.4 is 9.47 Å². The van der Waals surface area contributed by atoms with Crippen molar-refractivity contribution in [3.8, 4) is 11.5 Å². The zero-order valence-corrected chi connectivity index (χ0v) is 24.5. The van der Waals surface area contributed by atoms with Gasteiger partial charge in [-0.2, -0.15) is 0 Å². The average molecular weight is 489 g/mol. The molecule has 0 N–H and O–H groups in total. The van der Waals surface area contributed by atoms with E-state index >= 15 is 0 Å². The highest BCUT2D eigenvalue weighted by Crippen LogP contribution is 2.53. The van der Waals surface area contributed by atoms with Gasteiger partial charge in [0.15, 0.2) is 0 Å². The Balaban J connectivity index is 1.72. The predicted octanol–water partition coefficient (Wildman–Crippen LogP) is 8.00. The zero-order chi connectivity index (χ0) is 26.3. The Morgan fingerprint density at radius 2 is 1.00 bits per heavy atom. The van der Waals surface area contributed by atoms with Gasteiger partial charge in [-0.3, -0.25) is 0 Å². The molecule has 0 aromatic heterocycles. The lowest BCUT2D eigenvalue weighted by Crippen LogP contribution is -2.55.